The summed E-state index contributed by atoms with van der Waals surface area (Å²) in [5.74, 6) is 0. The number of hydrogen-bond acceptors (Lipinski definition) is 1. The van der Waals surface area contributed by atoms with Gasteiger partial charge < -0.3 is 13.6 Å². The molecule has 7 aromatic rings. The van der Waals surface area contributed by atoms with E-state index >= 15 is 0 Å². The molecule has 194 valence electrons. The molecule has 0 spiro atoms. The molecule has 4 aromatic carbocycles. The van der Waals surface area contributed by atoms with Crippen LogP contribution in [0.3, 0.4) is 0 Å². The summed E-state index contributed by atoms with van der Waals surface area (Å²) in [6.07, 6.45) is 0.118. The molecule has 0 fully saturated rings. The molecule has 0 aliphatic carbocycles. The zero-order valence-electron chi connectivity index (χ0n) is 32.8. The molecule has 0 saturated carbocycles. The second kappa shape index (κ2) is 8.13. The summed E-state index contributed by atoms with van der Waals surface area (Å²) < 4.78 is 96.4. The molecule has 0 bridgehead atoms. The Bertz CT molecular complexity index is 2400. The van der Waals surface area contributed by atoms with Crippen molar-refractivity contribution in [2.75, 3.05) is 0 Å². The van der Waals surface area contributed by atoms with Gasteiger partial charge in [-0.3, -0.25) is 0 Å². The van der Waals surface area contributed by atoms with Gasteiger partial charge in [0.1, 0.15) is 11.2 Å². The van der Waals surface area contributed by atoms with Gasteiger partial charge in [-0.2, -0.15) is 0 Å². The van der Waals surface area contributed by atoms with Crippen LogP contribution in [0.5, 0.6) is 0 Å². The van der Waals surface area contributed by atoms with Crippen molar-refractivity contribution in [3.05, 3.63) is 108 Å². The van der Waals surface area contributed by atoms with Crippen molar-refractivity contribution in [2.24, 2.45) is 0 Å². The van der Waals surface area contributed by atoms with Crippen LogP contribution >= 0.6 is 0 Å². The fourth-order valence-electron chi connectivity index (χ4n) is 5.26. The van der Waals surface area contributed by atoms with Crippen LogP contribution in [-0.4, -0.2) is 9.13 Å². The highest BCUT2D eigenvalue weighted by molar-refractivity contribution is 6.06. The highest BCUT2D eigenvalue weighted by atomic mass is 16.3. The molecule has 0 amide bonds. The standard InChI is InChI=1S/C36H34N2O/c1-35(2,3)29-21-37(31-13-9-7-11-25(29)31)23-15-17-33-27(19-23)28-20-24(16-18-34(28)39-33)38-22-30(36(4,5)6)26-12-8-10-14-32(26)38/h7-22H,1-6H3/i7D,8D,9D,10D,11D,12D,13D,14D,21D,22D. The number of hydrogen-bond donors (Lipinski definition) is 0. The lowest BCUT2D eigenvalue weighted by atomic mass is 9.87. The van der Waals surface area contributed by atoms with Crippen molar-refractivity contribution in [1.82, 2.24) is 9.13 Å². The fourth-order valence-corrected chi connectivity index (χ4v) is 5.26. The van der Waals surface area contributed by atoms with Crippen LogP contribution in [0.2, 0.25) is 0 Å². The number of benzene rings is 4. The van der Waals surface area contributed by atoms with Gasteiger partial charge in [-0.1, -0.05) is 77.8 Å². The van der Waals surface area contributed by atoms with Crippen LogP contribution in [0.1, 0.15) is 66.4 Å². The first-order valence-electron chi connectivity index (χ1n) is 18.0. The Kier molecular flexibility index (Phi) is 3.21. The van der Waals surface area contributed by atoms with Gasteiger partial charge in [0.05, 0.1) is 24.7 Å². The Balaban J connectivity index is 1.55. The number of furan rings is 1. The van der Waals surface area contributed by atoms with E-state index in [0.29, 0.717) is 55.2 Å². The van der Waals surface area contributed by atoms with E-state index in [0.717, 1.165) is 0 Å². The number of rotatable bonds is 2. The molecule has 3 nitrogen and oxygen atoms in total. The van der Waals surface area contributed by atoms with Gasteiger partial charge in [-0.15, -0.1) is 0 Å². The average Bonchev–Trinajstić information content (AvgIpc) is 3.66. The van der Waals surface area contributed by atoms with E-state index in [9.17, 15) is 2.74 Å². The number of para-hydroxylation sites is 2. The molecule has 0 N–H and O–H groups in total. The fraction of sp³-hybridized carbons (Fsp3) is 0.222. The van der Waals surface area contributed by atoms with Gasteiger partial charge in [-0.05, 0) is 70.4 Å². The van der Waals surface area contributed by atoms with E-state index in [2.05, 4.69) is 0 Å². The molecule has 3 heterocycles. The van der Waals surface area contributed by atoms with Crippen LogP contribution in [-0.2, 0) is 10.8 Å². The number of fused-ring (bicyclic) bond motifs is 5. The first-order valence-corrected chi connectivity index (χ1v) is 13.0. The Morgan fingerprint density at radius 1 is 0.564 bits per heavy atom. The van der Waals surface area contributed by atoms with E-state index in [4.69, 9.17) is 15.4 Å². The molecular weight excluding hydrogens is 476 g/mol. The smallest absolute Gasteiger partial charge is 0.135 e. The summed E-state index contributed by atoms with van der Waals surface area (Å²) >= 11 is 0. The van der Waals surface area contributed by atoms with Crippen molar-refractivity contribution in [3.8, 4) is 11.4 Å². The maximum absolute atomic E-state index is 9.27. The maximum Gasteiger partial charge on any atom is 0.135 e. The molecule has 0 aliphatic heterocycles. The zero-order valence-corrected chi connectivity index (χ0v) is 22.8. The van der Waals surface area contributed by atoms with Crippen LogP contribution in [0.4, 0.5) is 0 Å². The summed E-state index contributed by atoms with van der Waals surface area (Å²) in [5.41, 5.74) is 2.34. The molecule has 39 heavy (non-hydrogen) atoms. The number of aromatic nitrogens is 2. The summed E-state index contributed by atoms with van der Waals surface area (Å²) in [4.78, 5) is 0. The van der Waals surface area contributed by atoms with E-state index in [1.54, 1.807) is 33.4 Å². The Morgan fingerprint density at radius 3 is 1.38 bits per heavy atom. The molecule has 7 rings (SSSR count). The van der Waals surface area contributed by atoms with Gasteiger partial charge in [0.2, 0.25) is 0 Å². The molecule has 0 atom stereocenters. The second-order valence-electron chi connectivity index (χ2n) is 12.1. The predicted octanol–water partition coefficient (Wildman–Crippen LogP) is 10.1. The minimum atomic E-state index is -0.602. The first-order chi connectivity index (χ1) is 22.8. The molecule has 0 unspecified atom stereocenters. The SMILES string of the molecule is [2H]c1c([2H])c([2H])c2c(c1[2H])c(C(C)(C)C)c([2H])n2-c1ccc2oc3ccc(-n4c([2H])c(C(C)(C)C)c5c([2H])c([2H])c([2H])c([2H])c54)cc3c2c1. The third kappa shape index (κ3) is 3.71. The Labute approximate surface area is 243 Å². The van der Waals surface area contributed by atoms with Gasteiger partial charge >= 0.3 is 0 Å². The topological polar surface area (TPSA) is 23.0 Å². The summed E-state index contributed by atoms with van der Waals surface area (Å²) in [7, 11) is 0. The number of nitrogens with zero attached hydrogens (tertiary/aromatic N) is 2. The van der Waals surface area contributed by atoms with Crippen molar-refractivity contribution >= 4 is 43.7 Å². The quantitative estimate of drug-likeness (QED) is 0.222. The van der Waals surface area contributed by atoms with Gasteiger partial charge in [0.15, 0.2) is 0 Å². The minimum absolute atomic E-state index is 0.0591. The van der Waals surface area contributed by atoms with Crippen LogP contribution in [0, 0.1) is 0 Å². The van der Waals surface area contributed by atoms with Crippen LogP contribution < -0.4 is 0 Å². The highest BCUT2D eigenvalue weighted by Gasteiger charge is 2.22. The normalized spacial score (nSPS) is 16.5. The van der Waals surface area contributed by atoms with Gasteiger partial charge in [-0.25, -0.2) is 0 Å². The zero-order chi connectivity index (χ0) is 35.8. The summed E-state index contributed by atoms with van der Waals surface area (Å²) in [6, 6.07) is 8.34. The summed E-state index contributed by atoms with van der Waals surface area (Å²) in [6.45, 7) is 11.5. The molecule has 0 aliphatic rings. The van der Waals surface area contributed by atoms with Crippen LogP contribution in [0.15, 0.2) is 102 Å². The molecule has 3 heteroatoms. The van der Waals surface area contributed by atoms with Gasteiger partial charge in [0, 0.05) is 45.3 Å². The lowest BCUT2D eigenvalue weighted by Gasteiger charge is -2.17. The third-order valence-electron chi connectivity index (χ3n) is 7.18. The molecular formula is C36H34N2O. The van der Waals surface area contributed by atoms with Crippen LogP contribution in [0.25, 0.3) is 55.1 Å². The minimum Gasteiger partial charge on any atom is -0.456 e. The van der Waals surface area contributed by atoms with Crippen molar-refractivity contribution in [2.45, 2.75) is 52.4 Å². The monoisotopic (exact) mass is 520 g/mol. The molecule has 3 aromatic heterocycles. The maximum atomic E-state index is 9.27. The lowest BCUT2D eigenvalue weighted by molar-refractivity contribution is 0.594. The Morgan fingerprint density at radius 2 is 0.974 bits per heavy atom. The predicted molar refractivity (Wildman–Crippen MR) is 165 cm³/mol. The molecule has 0 radical (unpaired) electrons. The van der Waals surface area contributed by atoms with E-state index < -0.39 is 10.8 Å². The lowest BCUT2D eigenvalue weighted by Crippen LogP contribution is -2.10. The largest absolute Gasteiger partial charge is 0.456 e. The van der Waals surface area contributed by atoms with Crippen molar-refractivity contribution in [3.63, 3.8) is 0 Å². The van der Waals surface area contributed by atoms with Gasteiger partial charge in [0.25, 0.3) is 0 Å². The average molecular weight is 521 g/mol. The molecule has 0 saturated heterocycles. The van der Waals surface area contributed by atoms with E-state index in [1.165, 1.54) is 0 Å². The first kappa shape index (κ1) is 15.4. The van der Waals surface area contributed by atoms with Crippen molar-refractivity contribution in [1.29, 1.82) is 0 Å². The van der Waals surface area contributed by atoms with E-state index in [1.807, 2.05) is 53.7 Å². The van der Waals surface area contributed by atoms with E-state index in [-0.39, 0.29) is 71.7 Å². The highest BCUT2D eigenvalue weighted by Crippen LogP contribution is 2.38. The third-order valence-corrected chi connectivity index (χ3v) is 7.18. The van der Waals surface area contributed by atoms with Crippen molar-refractivity contribution < 1.29 is 18.1 Å². The second-order valence-corrected chi connectivity index (χ2v) is 12.1. The Hall–Kier alpha value is -4.24. The summed E-state index contributed by atoms with van der Waals surface area (Å²) in [5, 5.41) is 1.94.